The Kier molecular flexibility index (Phi) is 3.24. The Bertz CT molecular complexity index is 785. The molecule has 4 heteroatoms. The molecular weight excluding hydrogens is 270 g/mol. The van der Waals surface area contributed by atoms with Crippen LogP contribution in [0.15, 0.2) is 60.7 Å². The van der Waals surface area contributed by atoms with E-state index in [-0.39, 0.29) is 0 Å². The summed E-state index contributed by atoms with van der Waals surface area (Å²) >= 11 is 6.18. The molecule has 0 amide bonds. The highest BCUT2D eigenvalue weighted by molar-refractivity contribution is 6.33. The molecule has 3 aromatic rings. The smallest absolute Gasteiger partial charge is 0.144 e. The van der Waals surface area contributed by atoms with E-state index in [1.54, 1.807) is 10.7 Å². The van der Waals surface area contributed by atoms with Crippen LogP contribution < -0.4 is 0 Å². The summed E-state index contributed by atoms with van der Waals surface area (Å²) in [6.07, 6.45) is 0. The van der Waals surface area contributed by atoms with Crippen molar-refractivity contribution >= 4 is 11.6 Å². The van der Waals surface area contributed by atoms with Gasteiger partial charge in [0.25, 0.3) is 0 Å². The molecule has 0 atom stereocenters. The fraction of sp³-hybridized carbons (Fsp3) is 0. The van der Waals surface area contributed by atoms with E-state index in [2.05, 4.69) is 11.2 Å². The lowest BCUT2D eigenvalue weighted by molar-refractivity contribution is 0.870. The Morgan fingerprint density at radius 1 is 1.00 bits per heavy atom. The van der Waals surface area contributed by atoms with Crippen molar-refractivity contribution in [3.63, 3.8) is 0 Å². The molecule has 20 heavy (non-hydrogen) atoms. The fourth-order valence-corrected chi connectivity index (χ4v) is 2.26. The second-order valence-electron chi connectivity index (χ2n) is 4.25. The van der Waals surface area contributed by atoms with E-state index in [4.69, 9.17) is 11.6 Å². The molecule has 0 fully saturated rings. The van der Waals surface area contributed by atoms with E-state index < -0.39 is 0 Å². The van der Waals surface area contributed by atoms with Crippen molar-refractivity contribution in [2.24, 2.45) is 0 Å². The van der Waals surface area contributed by atoms with Crippen LogP contribution in [0.3, 0.4) is 0 Å². The Hall–Kier alpha value is -2.57. The van der Waals surface area contributed by atoms with Gasteiger partial charge in [-0.3, -0.25) is 0 Å². The molecule has 0 spiro atoms. The first-order chi connectivity index (χ1) is 9.79. The van der Waals surface area contributed by atoms with Gasteiger partial charge < -0.3 is 0 Å². The number of benzene rings is 2. The zero-order valence-corrected chi connectivity index (χ0v) is 11.2. The van der Waals surface area contributed by atoms with Crippen LogP contribution in [-0.4, -0.2) is 9.78 Å². The van der Waals surface area contributed by atoms with Gasteiger partial charge in [-0.2, -0.15) is 10.4 Å². The van der Waals surface area contributed by atoms with Crippen LogP contribution in [0.5, 0.6) is 0 Å². The molecule has 0 saturated carbocycles. The molecule has 0 radical (unpaired) electrons. The lowest BCUT2D eigenvalue weighted by Crippen LogP contribution is -1.98. The number of halogens is 1. The summed E-state index contributed by atoms with van der Waals surface area (Å²) in [4.78, 5) is 0. The fourth-order valence-electron chi connectivity index (χ4n) is 2.03. The van der Waals surface area contributed by atoms with Gasteiger partial charge in [0.1, 0.15) is 11.8 Å². The molecule has 3 nitrogen and oxygen atoms in total. The van der Waals surface area contributed by atoms with Crippen LogP contribution in [0.2, 0.25) is 5.02 Å². The predicted molar refractivity (Wildman–Crippen MR) is 78.7 cm³/mol. The van der Waals surface area contributed by atoms with E-state index in [0.717, 1.165) is 11.3 Å². The van der Waals surface area contributed by atoms with Crippen molar-refractivity contribution < 1.29 is 0 Å². The number of nitriles is 1. The average Bonchev–Trinajstić information content (AvgIpc) is 2.92. The van der Waals surface area contributed by atoms with Gasteiger partial charge in [0.2, 0.25) is 0 Å². The highest BCUT2D eigenvalue weighted by Gasteiger charge is 2.12. The number of hydrogen-bond donors (Lipinski definition) is 0. The van der Waals surface area contributed by atoms with E-state index in [1.807, 2.05) is 54.6 Å². The third-order valence-corrected chi connectivity index (χ3v) is 3.30. The molecule has 2 aromatic carbocycles. The van der Waals surface area contributed by atoms with Crippen LogP contribution >= 0.6 is 11.6 Å². The third kappa shape index (κ3) is 2.18. The van der Waals surface area contributed by atoms with Crippen molar-refractivity contribution in [3.8, 4) is 23.0 Å². The number of hydrogen-bond acceptors (Lipinski definition) is 2. The van der Waals surface area contributed by atoms with Gasteiger partial charge in [-0.1, -0.05) is 48.0 Å². The summed E-state index contributed by atoms with van der Waals surface area (Å²) in [5.41, 5.74) is 2.84. The van der Waals surface area contributed by atoms with E-state index in [1.165, 1.54) is 0 Å². The Labute approximate surface area is 121 Å². The quantitative estimate of drug-likeness (QED) is 0.710. The second kappa shape index (κ2) is 5.20. The molecule has 0 aliphatic heterocycles. The first-order valence-electron chi connectivity index (χ1n) is 6.10. The second-order valence-corrected chi connectivity index (χ2v) is 4.66. The number of nitrogens with zero attached hydrogens (tertiary/aromatic N) is 3. The highest BCUT2D eigenvalue weighted by atomic mass is 35.5. The minimum atomic E-state index is 0.478. The molecule has 0 unspecified atom stereocenters. The molecule has 1 heterocycles. The predicted octanol–water partition coefficient (Wildman–Crippen LogP) is 4.06. The summed E-state index contributed by atoms with van der Waals surface area (Å²) in [5.74, 6) is 0. The molecule has 0 aliphatic carbocycles. The van der Waals surface area contributed by atoms with Crippen molar-refractivity contribution in [1.82, 2.24) is 9.78 Å². The Morgan fingerprint density at radius 2 is 1.70 bits per heavy atom. The molecule has 3 rings (SSSR count). The molecule has 0 saturated heterocycles. The van der Waals surface area contributed by atoms with Gasteiger partial charge in [0.05, 0.1) is 16.4 Å². The van der Waals surface area contributed by atoms with Gasteiger partial charge in [0, 0.05) is 11.6 Å². The minimum absolute atomic E-state index is 0.478. The van der Waals surface area contributed by atoms with Crippen LogP contribution in [0.25, 0.3) is 16.9 Å². The first kappa shape index (κ1) is 12.5. The summed E-state index contributed by atoms with van der Waals surface area (Å²) in [5, 5.41) is 14.4. The molecule has 0 aliphatic rings. The Balaban J connectivity index is 2.16. The lowest BCUT2D eigenvalue weighted by Gasteiger charge is -2.02. The molecular formula is C16H10ClN3. The van der Waals surface area contributed by atoms with E-state index >= 15 is 0 Å². The largest absolute Gasteiger partial charge is 0.222 e. The van der Waals surface area contributed by atoms with Crippen molar-refractivity contribution in [1.29, 1.82) is 5.26 Å². The summed E-state index contributed by atoms with van der Waals surface area (Å²) in [6, 6.07) is 20.9. The molecule has 0 N–H and O–H groups in total. The number of para-hydroxylation sites is 1. The number of rotatable bonds is 2. The van der Waals surface area contributed by atoms with Crippen molar-refractivity contribution in [3.05, 3.63) is 71.4 Å². The maximum atomic E-state index is 9.27. The van der Waals surface area contributed by atoms with E-state index in [0.29, 0.717) is 16.4 Å². The standard InChI is InChI=1S/C16H10ClN3/c17-15-9-5-4-8-14(15)16-10-13(11-18)20(19-16)12-6-2-1-3-7-12/h1-10H. The minimum Gasteiger partial charge on any atom is -0.222 e. The van der Waals surface area contributed by atoms with Gasteiger partial charge in [0.15, 0.2) is 0 Å². The average molecular weight is 280 g/mol. The SMILES string of the molecule is N#Cc1cc(-c2ccccc2Cl)nn1-c1ccccc1. The topological polar surface area (TPSA) is 41.6 Å². The van der Waals surface area contributed by atoms with Crippen LogP contribution in [0.4, 0.5) is 0 Å². The van der Waals surface area contributed by atoms with Gasteiger partial charge in [-0.15, -0.1) is 0 Å². The third-order valence-electron chi connectivity index (χ3n) is 2.97. The van der Waals surface area contributed by atoms with Crippen LogP contribution in [0.1, 0.15) is 5.69 Å². The zero-order valence-electron chi connectivity index (χ0n) is 10.5. The molecule has 1 aromatic heterocycles. The van der Waals surface area contributed by atoms with Crippen LogP contribution in [0, 0.1) is 11.3 Å². The van der Waals surface area contributed by atoms with Crippen molar-refractivity contribution in [2.75, 3.05) is 0 Å². The van der Waals surface area contributed by atoms with Gasteiger partial charge >= 0.3 is 0 Å². The van der Waals surface area contributed by atoms with E-state index in [9.17, 15) is 5.26 Å². The molecule has 96 valence electrons. The summed E-state index contributed by atoms with van der Waals surface area (Å²) in [6.45, 7) is 0. The van der Waals surface area contributed by atoms with Crippen LogP contribution in [-0.2, 0) is 0 Å². The monoisotopic (exact) mass is 279 g/mol. The maximum absolute atomic E-state index is 9.27. The molecule has 0 bridgehead atoms. The summed E-state index contributed by atoms with van der Waals surface area (Å²) < 4.78 is 1.62. The summed E-state index contributed by atoms with van der Waals surface area (Å²) in [7, 11) is 0. The number of aromatic nitrogens is 2. The zero-order chi connectivity index (χ0) is 13.9. The van der Waals surface area contributed by atoms with Crippen molar-refractivity contribution in [2.45, 2.75) is 0 Å². The highest BCUT2D eigenvalue weighted by Crippen LogP contribution is 2.27. The van der Waals surface area contributed by atoms with Gasteiger partial charge in [-0.25, -0.2) is 4.68 Å². The maximum Gasteiger partial charge on any atom is 0.144 e. The lowest BCUT2D eigenvalue weighted by atomic mass is 10.1. The first-order valence-corrected chi connectivity index (χ1v) is 6.48. The Morgan fingerprint density at radius 3 is 2.40 bits per heavy atom. The van der Waals surface area contributed by atoms with Gasteiger partial charge in [-0.05, 0) is 18.2 Å². The normalized spacial score (nSPS) is 10.2.